The van der Waals surface area contributed by atoms with E-state index in [9.17, 15) is 31.1 Å². The normalized spacial score (nSPS) is 21.0. The molecule has 0 aromatic heterocycles. The molecule has 0 bridgehead atoms. The minimum Gasteiger partial charge on any atom is -0.481 e. The lowest BCUT2D eigenvalue weighted by atomic mass is 10.0. The van der Waals surface area contributed by atoms with E-state index in [1.807, 2.05) is 0 Å². The summed E-state index contributed by atoms with van der Waals surface area (Å²) in [6.07, 6.45) is -9.05. The van der Waals surface area contributed by atoms with Gasteiger partial charge in [0.15, 0.2) is 0 Å². The lowest BCUT2D eigenvalue weighted by molar-refractivity contribution is -0.193. The van der Waals surface area contributed by atoms with Crippen molar-refractivity contribution in [2.75, 3.05) is 6.61 Å². The Bertz CT molecular complexity index is 380. The van der Waals surface area contributed by atoms with Crippen molar-refractivity contribution in [2.24, 2.45) is 10.8 Å². The fraction of sp³-hybridized carbons (Fsp3) is 0.923. The maximum atomic E-state index is 12.0. The molecule has 2 saturated carbocycles. The number of carboxylic acid groups (broad SMARTS) is 1. The number of alkyl halides is 6. The Balaban J connectivity index is 0.000000385. The molecule has 2 fully saturated rings. The molecule has 0 radical (unpaired) electrons. The molecule has 2 rings (SSSR count). The van der Waals surface area contributed by atoms with Gasteiger partial charge in [0.05, 0.1) is 17.3 Å². The van der Waals surface area contributed by atoms with Crippen LogP contribution in [0.1, 0.15) is 46.0 Å². The maximum Gasteiger partial charge on any atom is 0.395 e. The SMILES string of the molecule is C.O=C(O)CC1(C(F)(F)F)CC1.OCCC1(C(F)(F)F)CC1. The number of aliphatic hydroxyl groups is 1. The Hall–Kier alpha value is -0.990. The number of rotatable bonds is 4. The van der Waals surface area contributed by atoms with E-state index in [4.69, 9.17) is 10.2 Å². The zero-order valence-electron chi connectivity index (χ0n) is 11.0. The number of carboxylic acids is 1. The first-order valence-corrected chi connectivity index (χ1v) is 6.35. The van der Waals surface area contributed by atoms with Crippen molar-refractivity contribution in [1.82, 2.24) is 0 Å². The van der Waals surface area contributed by atoms with Gasteiger partial charge in [-0.2, -0.15) is 26.3 Å². The summed E-state index contributed by atoms with van der Waals surface area (Å²) in [7, 11) is 0. The highest BCUT2D eigenvalue weighted by Gasteiger charge is 2.64. The highest BCUT2D eigenvalue weighted by molar-refractivity contribution is 5.68. The predicted molar refractivity (Wildman–Crippen MR) is 66.1 cm³/mol. The molecule has 2 aliphatic rings. The predicted octanol–water partition coefficient (Wildman–Crippen LogP) is 4.15. The summed E-state index contributed by atoms with van der Waals surface area (Å²) in [4.78, 5) is 10.0. The van der Waals surface area contributed by atoms with Crippen molar-refractivity contribution in [2.45, 2.75) is 58.3 Å². The summed E-state index contributed by atoms with van der Waals surface area (Å²) >= 11 is 0. The Labute approximate surface area is 124 Å². The van der Waals surface area contributed by atoms with Gasteiger partial charge in [-0.1, -0.05) is 7.43 Å². The Morgan fingerprint density at radius 3 is 1.36 bits per heavy atom. The van der Waals surface area contributed by atoms with E-state index in [0.717, 1.165) is 0 Å². The third-order valence-corrected chi connectivity index (χ3v) is 3.99. The second kappa shape index (κ2) is 6.64. The third kappa shape index (κ3) is 4.76. The molecular formula is C13H20F6O3. The van der Waals surface area contributed by atoms with E-state index in [1.54, 1.807) is 0 Å². The average molecular weight is 338 g/mol. The smallest absolute Gasteiger partial charge is 0.395 e. The largest absolute Gasteiger partial charge is 0.481 e. The molecule has 0 spiro atoms. The second-order valence-electron chi connectivity index (χ2n) is 5.60. The molecule has 0 heterocycles. The maximum absolute atomic E-state index is 12.0. The second-order valence-corrected chi connectivity index (χ2v) is 5.60. The lowest BCUT2D eigenvalue weighted by Crippen LogP contribution is -2.27. The fourth-order valence-electron chi connectivity index (χ4n) is 2.04. The van der Waals surface area contributed by atoms with Crippen molar-refractivity contribution in [1.29, 1.82) is 0 Å². The van der Waals surface area contributed by atoms with Crippen LogP contribution >= 0.6 is 0 Å². The summed E-state index contributed by atoms with van der Waals surface area (Å²) in [5.74, 6) is -1.38. The molecule has 2 N–H and O–H groups in total. The van der Waals surface area contributed by atoms with Crippen LogP contribution < -0.4 is 0 Å². The quantitative estimate of drug-likeness (QED) is 0.757. The van der Waals surface area contributed by atoms with Crippen LogP contribution in [0.3, 0.4) is 0 Å². The zero-order chi connectivity index (χ0) is 16.5. The van der Waals surface area contributed by atoms with Crippen molar-refractivity contribution < 1.29 is 41.4 Å². The molecule has 0 unspecified atom stereocenters. The van der Waals surface area contributed by atoms with Gasteiger partial charge < -0.3 is 10.2 Å². The van der Waals surface area contributed by atoms with Gasteiger partial charge in [-0.05, 0) is 32.1 Å². The molecule has 0 aliphatic heterocycles. The molecule has 2 aliphatic carbocycles. The Kier molecular flexibility index (Phi) is 6.34. The first-order valence-electron chi connectivity index (χ1n) is 6.35. The van der Waals surface area contributed by atoms with Crippen LogP contribution in [0, 0.1) is 10.8 Å². The van der Waals surface area contributed by atoms with Gasteiger partial charge in [-0.3, -0.25) is 4.79 Å². The number of hydrogen-bond donors (Lipinski definition) is 2. The van der Waals surface area contributed by atoms with Crippen LogP contribution in [0.4, 0.5) is 26.3 Å². The van der Waals surface area contributed by atoms with Crippen LogP contribution in [-0.4, -0.2) is 35.1 Å². The van der Waals surface area contributed by atoms with Gasteiger partial charge in [-0.25, -0.2) is 0 Å². The number of carbonyl (C=O) groups is 1. The number of aliphatic carboxylic acids is 1. The monoisotopic (exact) mass is 338 g/mol. The molecule has 3 nitrogen and oxygen atoms in total. The molecule has 0 atom stereocenters. The van der Waals surface area contributed by atoms with Gasteiger partial charge >= 0.3 is 18.3 Å². The summed E-state index contributed by atoms with van der Waals surface area (Å²) in [6, 6.07) is 0. The highest BCUT2D eigenvalue weighted by Crippen LogP contribution is 2.60. The van der Waals surface area contributed by atoms with Gasteiger partial charge in [0.25, 0.3) is 0 Å². The van der Waals surface area contributed by atoms with Crippen LogP contribution in [0.25, 0.3) is 0 Å². The molecule has 132 valence electrons. The molecular weight excluding hydrogens is 318 g/mol. The Morgan fingerprint density at radius 1 is 0.909 bits per heavy atom. The van der Waals surface area contributed by atoms with E-state index in [1.165, 1.54) is 0 Å². The topological polar surface area (TPSA) is 57.5 Å². The standard InChI is InChI=1S/C6H7F3O2.C6H9F3O.CH4/c7-6(8,9)5(1-2-5)3-4(10)11;7-6(8,9)5(1-2-5)3-4-10;/h1-3H2,(H,10,11);10H,1-4H2;1H4. The third-order valence-electron chi connectivity index (χ3n) is 3.99. The summed E-state index contributed by atoms with van der Waals surface area (Å²) in [6.45, 7) is -0.362. The van der Waals surface area contributed by atoms with Crippen LogP contribution in [0.15, 0.2) is 0 Å². The first-order chi connectivity index (χ1) is 9.39. The highest BCUT2D eigenvalue weighted by atomic mass is 19.4. The molecule has 0 aromatic rings. The van der Waals surface area contributed by atoms with Crippen LogP contribution in [0.2, 0.25) is 0 Å². The van der Waals surface area contributed by atoms with Crippen molar-refractivity contribution in [3.05, 3.63) is 0 Å². The minimum absolute atomic E-state index is 0. The van der Waals surface area contributed by atoms with Crippen LogP contribution in [-0.2, 0) is 4.79 Å². The minimum atomic E-state index is -4.34. The summed E-state index contributed by atoms with van der Waals surface area (Å²) in [5.41, 5.74) is -3.40. The van der Waals surface area contributed by atoms with Gasteiger partial charge in [0, 0.05) is 6.61 Å². The van der Waals surface area contributed by atoms with Gasteiger partial charge in [0.1, 0.15) is 0 Å². The van der Waals surface area contributed by atoms with Crippen molar-refractivity contribution >= 4 is 5.97 Å². The number of hydrogen-bond acceptors (Lipinski definition) is 2. The van der Waals surface area contributed by atoms with E-state index < -0.39 is 35.6 Å². The molecule has 9 heteroatoms. The lowest BCUT2D eigenvalue weighted by Gasteiger charge is -2.16. The molecule has 0 saturated heterocycles. The zero-order valence-corrected chi connectivity index (χ0v) is 11.0. The van der Waals surface area contributed by atoms with Crippen molar-refractivity contribution in [3.63, 3.8) is 0 Å². The molecule has 0 amide bonds. The van der Waals surface area contributed by atoms with E-state index in [2.05, 4.69) is 0 Å². The summed E-state index contributed by atoms with van der Waals surface area (Å²) < 4.78 is 71.9. The number of halogens is 6. The number of aliphatic hydroxyl groups excluding tert-OH is 1. The van der Waals surface area contributed by atoms with Gasteiger partial charge in [0.2, 0.25) is 0 Å². The molecule has 0 aromatic carbocycles. The van der Waals surface area contributed by atoms with Crippen LogP contribution in [0.5, 0.6) is 0 Å². The summed E-state index contributed by atoms with van der Waals surface area (Å²) in [5, 5.41) is 16.5. The van der Waals surface area contributed by atoms with E-state index >= 15 is 0 Å². The van der Waals surface area contributed by atoms with E-state index in [-0.39, 0.29) is 46.1 Å². The average Bonchev–Trinajstić information content (AvgIpc) is 3.10. The Morgan fingerprint density at radius 2 is 1.27 bits per heavy atom. The first kappa shape index (κ1) is 21.0. The van der Waals surface area contributed by atoms with Gasteiger partial charge in [-0.15, -0.1) is 0 Å². The molecule has 22 heavy (non-hydrogen) atoms. The van der Waals surface area contributed by atoms with Crippen molar-refractivity contribution in [3.8, 4) is 0 Å². The fourth-order valence-corrected chi connectivity index (χ4v) is 2.04. The van der Waals surface area contributed by atoms with E-state index in [0.29, 0.717) is 0 Å².